The first-order valence-corrected chi connectivity index (χ1v) is 8.31. The molecular weight excluding hydrogens is 322 g/mol. The van der Waals surface area contributed by atoms with E-state index in [1.807, 2.05) is 12.1 Å². The summed E-state index contributed by atoms with van der Waals surface area (Å²) in [5.41, 5.74) is 1.94. The van der Waals surface area contributed by atoms with Crippen molar-refractivity contribution in [2.24, 2.45) is 0 Å². The lowest BCUT2D eigenvalue weighted by Crippen LogP contribution is -2.35. The summed E-state index contributed by atoms with van der Waals surface area (Å²) in [5.74, 6) is 0.429. The van der Waals surface area contributed by atoms with Crippen LogP contribution in [0.1, 0.15) is 35.8 Å². The van der Waals surface area contributed by atoms with Crippen molar-refractivity contribution in [3.8, 4) is 0 Å². The Kier molecular flexibility index (Phi) is 5.79. The topological polar surface area (TPSA) is 93.5 Å². The molecule has 0 aromatic carbocycles. The normalized spacial score (nSPS) is 16.1. The lowest BCUT2D eigenvalue weighted by molar-refractivity contribution is -0.131. The number of nitrogens with zero attached hydrogens (tertiary/aromatic N) is 1. The van der Waals surface area contributed by atoms with E-state index in [1.54, 1.807) is 24.7 Å². The van der Waals surface area contributed by atoms with Gasteiger partial charge in [-0.1, -0.05) is 6.07 Å². The largest absolute Gasteiger partial charge is 0.469 e. The minimum absolute atomic E-state index is 0.0435. The number of amides is 2. The minimum Gasteiger partial charge on any atom is -0.469 e. The fourth-order valence-electron chi connectivity index (χ4n) is 2.86. The molecule has 1 aliphatic rings. The van der Waals surface area contributed by atoms with Crippen molar-refractivity contribution >= 4 is 11.8 Å². The third-order valence-corrected chi connectivity index (χ3v) is 4.07. The van der Waals surface area contributed by atoms with Gasteiger partial charge in [0, 0.05) is 30.9 Å². The van der Waals surface area contributed by atoms with Crippen LogP contribution in [0.25, 0.3) is 0 Å². The van der Waals surface area contributed by atoms with Gasteiger partial charge in [-0.3, -0.25) is 14.6 Å². The van der Waals surface area contributed by atoms with Crippen molar-refractivity contribution < 1.29 is 18.7 Å². The molecule has 2 amide bonds. The molecular formula is C18H21N3O4. The number of pyridine rings is 1. The van der Waals surface area contributed by atoms with Crippen molar-refractivity contribution in [2.75, 3.05) is 13.2 Å². The first-order valence-electron chi connectivity index (χ1n) is 8.31. The molecule has 2 aromatic heterocycles. The number of hydrogen-bond acceptors (Lipinski definition) is 5. The molecule has 132 valence electrons. The molecule has 7 nitrogen and oxygen atoms in total. The molecule has 2 aromatic rings. The first kappa shape index (κ1) is 17.2. The summed E-state index contributed by atoms with van der Waals surface area (Å²) in [6.07, 6.45) is 7.77. The molecule has 0 radical (unpaired) electrons. The zero-order chi connectivity index (χ0) is 17.5. The molecule has 0 spiro atoms. The van der Waals surface area contributed by atoms with Crippen molar-refractivity contribution in [3.63, 3.8) is 0 Å². The highest BCUT2D eigenvalue weighted by Crippen LogP contribution is 2.30. The van der Waals surface area contributed by atoms with E-state index in [0.29, 0.717) is 6.54 Å². The van der Waals surface area contributed by atoms with Gasteiger partial charge in [0.1, 0.15) is 19.0 Å². The fourth-order valence-corrected chi connectivity index (χ4v) is 2.86. The van der Waals surface area contributed by atoms with Crippen LogP contribution in [0.5, 0.6) is 0 Å². The van der Waals surface area contributed by atoms with E-state index >= 15 is 0 Å². The van der Waals surface area contributed by atoms with Crippen LogP contribution < -0.4 is 10.6 Å². The average Bonchev–Trinajstić information content (AvgIpc) is 3.11. The number of aromatic nitrogens is 1. The number of carbonyl (C=O) groups is 2. The van der Waals surface area contributed by atoms with E-state index in [0.717, 1.165) is 36.1 Å². The van der Waals surface area contributed by atoms with Gasteiger partial charge in [0.2, 0.25) is 11.8 Å². The molecule has 3 rings (SSSR count). The zero-order valence-corrected chi connectivity index (χ0v) is 13.9. The maximum Gasteiger partial charge on any atom is 0.246 e. The fraction of sp³-hybridized carbons (Fsp3) is 0.389. The second-order valence-corrected chi connectivity index (χ2v) is 5.94. The van der Waals surface area contributed by atoms with Gasteiger partial charge in [-0.15, -0.1) is 0 Å². The number of rotatable bonds is 7. The summed E-state index contributed by atoms with van der Waals surface area (Å²) in [7, 11) is 0. The van der Waals surface area contributed by atoms with Crippen molar-refractivity contribution in [1.29, 1.82) is 0 Å². The van der Waals surface area contributed by atoms with Crippen molar-refractivity contribution in [2.45, 2.75) is 31.8 Å². The third-order valence-electron chi connectivity index (χ3n) is 4.07. The second kappa shape index (κ2) is 8.43. The van der Waals surface area contributed by atoms with E-state index in [4.69, 9.17) is 9.15 Å². The van der Waals surface area contributed by atoms with Crippen LogP contribution in [0.15, 0.2) is 41.3 Å². The Morgan fingerprint density at radius 1 is 1.28 bits per heavy atom. The predicted octanol–water partition coefficient (Wildman–Crippen LogP) is 1.50. The van der Waals surface area contributed by atoms with E-state index in [1.165, 1.54) is 0 Å². The van der Waals surface area contributed by atoms with Gasteiger partial charge >= 0.3 is 0 Å². The maximum absolute atomic E-state index is 12.0. The van der Waals surface area contributed by atoms with Gasteiger partial charge in [0.25, 0.3) is 0 Å². The van der Waals surface area contributed by atoms with Crippen LogP contribution >= 0.6 is 0 Å². The van der Waals surface area contributed by atoms with Crippen LogP contribution in [-0.4, -0.2) is 30.0 Å². The molecule has 0 saturated carbocycles. The van der Waals surface area contributed by atoms with Crippen LogP contribution in [0.3, 0.4) is 0 Å². The molecule has 0 saturated heterocycles. The number of hydrogen-bond donors (Lipinski definition) is 2. The molecule has 1 aliphatic carbocycles. The molecule has 0 unspecified atom stereocenters. The molecule has 2 N–H and O–H groups in total. The van der Waals surface area contributed by atoms with Crippen LogP contribution in [0.2, 0.25) is 0 Å². The number of fused-ring (bicyclic) bond motifs is 1. The molecule has 0 aliphatic heterocycles. The van der Waals surface area contributed by atoms with Gasteiger partial charge in [0.05, 0.1) is 12.3 Å². The maximum atomic E-state index is 12.0. The highest BCUT2D eigenvalue weighted by molar-refractivity contribution is 5.79. The SMILES string of the molecule is O=C(COCC(=O)N[C@@H]1CCCc2occc21)NCc1cccnc1. The van der Waals surface area contributed by atoms with E-state index in [2.05, 4.69) is 15.6 Å². The Bertz CT molecular complexity index is 714. The molecule has 0 bridgehead atoms. The number of carbonyl (C=O) groups excluding carboxylic acids is 2. The van der Waals surface area contributed by atoms with Gasteiger partial charge in [0.15, 0.2) is 0 Å². The summed E-state index contributed by atoms with van der Waals surface area (Å²) in [4.78, 5) is 27.7. The Hall–Kier alpha value is -2.67. The lowest BCUT2D eigenvalue weighted by Gasteiger charge is -2.22. The third kappa shape index (κ3) is 4.90. The van der Waals surface area contributed by atoms with Crippen LogP contribution in [0, 0.1) is 0 Å². The van der Waals surface area contributed by atoms with Crippen molar-refractivity contribution in [3.05, 3.63) is 53.7 Å². The first-order chi connectivity index (χ1) is 12.2. The molecule has 2 heterocycles. The van der Waals surface area contributed by atoms with E-state index in [-0.39, 0.29) is 31.1 Å². The second-order valence-electron chi connectivity index (χ2n) is 5.94. The van der Waals surface area contributed by atoms with E-state index in [9.17, 15) is 9.59 Å². The zero-order valence-electron chi connectivity index (χ0n) is 13.9. The molecule has 0 fully saturated rings. The molecule has 25 heavy (non-hydrogen) atoms. The Morgan fingerprint density at radius 2 is 2.16 bits per heavy atom. The highest BCUT2D eigenvalue weighted by Gasteiger charge is 2.23. The lowest BCUT2D eigenvalue weighted by atomic mass is 9.93. The standard InChI is InChI=1S/C18H21N3O4/c22-17(20-10-13-3-2-7-19-9-13)11-24-12-18(23)21-15-4-1-5-16-14(15)6-8-25-16/h2-3,6-9,15H,1,4-5,10-12H2,(H,20,22)(H,21,23)/t15-/m1/s1. The quantitative estimate of drug-likeness (QED) is 0.795. The van der Waals surface area contributed by atoms with Gasteiger partial charge in [-0.05, 0) is 30.5 Å². The molecule has 7 heteroatoms. The van der Waals surface area contributed by atoms with Crippen LogP contribution in [0.4, 0.5) is 0 Å². The average molecular weight is 343 g/mol. The summed E-state index contributed by atoms with van der Waals surface area (Å²) < 4.78 is 10.6. The van der Waals surface area contributed by atoms with E-state index < -0.39 is 0 Å². The number of ether oxygens (including phenoxy) is 1. The summed E-state index contributed by atoms with van der Waals surface area (Å²) >= 11 is 0. The Balaban J connectivity index is 1.35. The highest BCUT2D eigenvalue weighted by atomic mass is 16.5. The number of nitrogens with one attached hydrogen (secondary N) is 2. The smallest absolute Gasteiger partial charge is 0.246 e. The Morgan fingerprint density at radius 3 is 3.00 bits per heavy atom. The summed E-state index contributed by atoms with van der Waals surface area (Å²) in [6, 6.07) is 5.53. The Labute approximate surface area is 145 Å². The van der Waals surface area contributed by atoms with Gasteiger partial charge in [-0.25, -0.2) is 0 Å². The number of aryl methyl sites for hydroxylation is 1. The van der Waals surface area contributed by atoms with Crippen LogP contribution in [-0.2, 0) is 27.3 Å². The van der Waals surface area contributed by atoms with Gasteiger partial charge < -0.3 is 19.8 Å². The van der Waals surface area contributed by atoms with Gasteiger partial charge in [-0.2, -0.15) is 0 Å². The molecule has 1 atom stereocenters. The van der Waals surface area contributed by atoms with Crippen molar-refractivity contribution in [1.82, 2.24) is 15.6 Å². The minimum atomic E-state index is -0.272. The summed E-state index contributed by atoms with van der Waals surface area (Å²) in [5, 5.41) is 5.64. The summed E-state index contributed by atoms with van der Waals surface area (Å²) in [6.45, 7) is 0.0763. The predicted molar refractivity (Wildman–Crippen MR) is 89.4 cm³/mol. The monoisotopic (exact) mass is 343 g/mol. The number of furan rings is 1.